The van der Waals surface area contributed by atoms with Crippen LogP contribution in [-0.2, 0) is 0 Å². The number of nitro benzene ring substituents is 1. The minimum atomic E-state index is -0.276. The summed E-state index contributed by atoms with van der Waals surface area (Å²) in [7, 11) is 0. The van der Waals surface area contributed by atoms with Crippen molar-refractivity contribution < 1.29 is 4.92 Å². The first-order chi connectivity index (χ1) is 10.2. The van der Waals surface area contributed by atoms with Gasteiger partial charge in [0.15, 0.2) is 0 Å². The lowest BCUT2D eigenvalue weighted by Gasteiger charge is -2.44. The lowest BCUT2D eigenvalue weighted by atomic mass is 10.0. The van der Waals surface area contributed by atoms with Gasteiger partial charge in [-0.25, -0.2) is 0 Å². The molecule has 0 bridgehead atoms. The summed E-state index contributed by atoms with van der Waals surface area (Å²) in [5.41, 5.74) is 1.05. The number of rotatable bonds is 4. The monoisotopic (exact) mass is 290 g/mol. The molecule has 1 aromatic carbocycles. The zero-order valence-electron chi connectivity index (χ0n) is 12.4. The van der Waals surface area contributed by atoms with E-state index in [-0.39, 0.29) is 16.7 Å². The van der Waals surface area contributed by atoms with E-state index in [9.17, 15) is 10.1 Å². The maximum atomic E-state index is 11.2. The average Bonchev–Trinajstić information content (AvgIpc) is 2.45. The molecule has 2 saturated heterocycles. The predicted octanol–water partition coefficient (Wildman–Crippen LogP) is 1.25. The Balaban J connectivity index is 1.66. The van der Waals surface area contributed by atoms with Crippen LogP contribution in [0, 0.1) is 10.1 Å². The summed E-state index contributed by atoms with van der Waals surface area (Å²) in [5, 5.41) is 14.5. The van der Waals surface area contributed by atoms with Crippen molar-refractivity contribution in [3.05, 3.63) is 39.9 Å². The number of nitro groups is 1. The van der Waals surface area contributed by atoms with Gasteiger partial charge in [0.1, 0.15) is 0 Å². The number of nitrogens with one attached hydrogen (secondary N) is 1. The molecule has 1 atom stereocenters. The molecular weight excluding hydrogens is 268 g/mol. The highest BCUT2D eigenvalue weighted by atomic mass is 16.6. The Hall–Kier alpha value is -1.50. The third-order valence-corrected chi connectivity index (χ3v) is 4.76. The van der Waals surface area contributed by atoms with Crippen LogP contribution in [0.15, 0.2) is 24.3 Å². The first-order valence-electron chi connectivity index (χ1n) is 7.59. The normalized spacial score (nSPS) is 22.7. The van der Waals surface area contributed by atoms with Crippen LogP contribution in [-0.4, -0.2) is 60.0 Å². The molecule has 2 aliphatic heterocycles. The molecule has 1 aromatic rings. The van der Waals surface area contributed by atoms with E-state index in [0.717, 1.165) is 44.8 Å². The highest BCUT2D eigenvalue weighted by Gasteiger charge is 2.30. The van der Waals surface area contributed by atoms with Gasteiger partial charge in [-0.05, 0) is 6.92 Å². The van der Waals surface area contributed by atoms with Gasteiger partial charge in [-0.2, -0.15) is 0 Å². The molecule has 0 saturated carbocycles. The van der Waals surface area contributed by atoms with E-state index in [4.69, 9.17) is 0 Å². The van der Waals surface area contributed by atoms with Crippen LogP contribution < -0.4 is 5.32 Å². The summed E-state index contributed by atoms with van der Waals surface area (Å²) >= 11 is 0. The molecule has 6 nitrogen and oxygen atoms in total. The quantitative estimate of drug-likeness (QED) is 0.668. The molecule has 0 radical (unpaired) electrons. The number of para-hydroxylation sites is 1. The first-order valence-corrected chi connectivity index (χ1v) is 7.59. The fraction of sp³-hybridized carbons (Fsp3) is 0.600. The lowest BCUT2D eigenvalue weighted by Crippen LogP contribution is -2.61. The molecule has 2 fully saturated rings. The third kappa shape index (κ3) is 2.92. The highest BCUT2D eigenvalue weighted by Crippen LogP contribution is 2.29. The van der Waals surface area contributed by atoms with Gasteiger partial charge in [-0.1, -0.05) is 18.2 Å². The highest BCUT2D eigenvalue weighted by molar-refractivity contribution is 5.41. The molecule has 114 valence electrons. The maximum absolute atomic E-state index is 11.2. The van der Waals surface area contributed by atoms with E-state index in [2.05, 4.69) is 22.0 Å². The number of benzene rings is 1. The van der Waals surface area contributed by atoms with Gasteiger partial charge in [0, 0.05) is 63.0 Å². The third-order valence-electron chi connectivity index (χ3n) is 4.76. The molecule has 1 N–H and O–H groups in total. The van der Waals surface area contributed by atoms with Crippen LogP contribution in [0.4, 0.5) is 5.69 Å². The Morgan fingerprint density at radius 2 is 1.90 bits per heavy atom. The fourth-order valence-corrected chi connectivity index (χ4v) is 3.23. The van der Waals surface area contributed by atoms with Gasteiger partial charge >= 0.3 is 0 Å². The van der Waals surface area contributed by atoms with Crippen LogP contribution in [0.5, 0.6) is 0 Å². The van der Waals surface area contributed by atoms with E-state index in [1.165, 1.54) is 0 Å². The van der Waals surface area contributed by atoms with E-state index in [0.29, 0.717) is 6.04 Å². The van der Waals surface area contributed by atoms with Gasteiger partial charge in [-0.15, -0.1) is 0 Å². The van der Waals surface area contributed by atoms with Crippen molar-refractivity contribution in [3.8, 4) is 0 Å². The van der Waals surface area contributed by atoms with Gasteiger partial charge < -0.3 is 5.32 Å². The minimum absolute atomic E-state index is 0.0910. The lowest BCUT2D eigenvalue weighted by molar-refractivity contribution is -0.386. The molecule has 0 spiro atoms. The summed E-state index contributed by atoms with van der Waals surface area (Å²) in [6, 6.07) is 7.87. The molecule has 21 heavy (non-hydrogen) atoms. The average molecular weight is 290 g/mol. The van der Waals surface area contributed by atoms with Crippen molar-refractivity contribution in [1.82, 2.24) is 15.1 Å². The van der Waals surface area contributed by atoms with Crippen LogP contribution in [0.1, 0.15) is 18.5 Å². The molecule has 2 heterocycles. The van der Waals surface area contributed by atoms with Crippen molar-refractivity contribution in [1.29, 1.82) is 0 Å². The standard InChI is InChI=1S/C15H22N4O2/c1-12(14-4-2-3-5-15(14)19(20)21)17-6-8-18(9-7-17)13-10-16-11-13/h2-5,12-13,16H,6-11H2,1H3. The molecule has 6 heteroatoms. The van der Waals surface area contributed by atoms with Gasteiger partial charge in [-0.3, -0.25) is 19.9 Å². The van der Waals surface area contributed by atoms with Crippen molar-refractivity contribution >= 4 is 5.69 Å². The van der Waals surface area contributed by atoms with Crippen LogP contribution in [0.2, 0.25) is 0 Å². The Morgan fingerprint density at radius 1 is 1.24 bits per heavy atom. The zero-order chi connectivity index (χ0) is 14.8. The number of hydrogen-bond acceptors (Lipinski definition) is 5. The van der Waals surface area contributed by atoms with Crippen LogP contribution >= 0.6 is 0 Å². The van der Waals surface area contributed by atoms with Crippen molar-refractivity contribution in [2.45, 2.75) is 19.0 Å². The Labute approximate surface area is 124 Å². The predicted molar refractivity (Wildman–Crippen MR) is 81.3 cm³/mol. The Kier molecular flexibility index (Phi) is 4.19. The van der Waals surface area contributed by atoms with E-state index in [1.807, 2.05) is 12.1 Å². The molecular formula is C15H22N4O2. The number of hydrogen-bond donors (Lipinski definition) is 1. The molecule has 0 aliphatic carbocycles. The van der Waals surface area contributed by atoms with Crippen LogP contribution in [0.3, 0.4) is 0 Å². The van der Waals surface area contributed by atoms with E-state index < -0.39 is 0 Å². The topological polar surface area (TPSA) is 61.7 Å². The zero-order valence-corrected chi connectivity index (χ0v) is 12.4. The second-order valence-electron chi connectivity index (χ2n) is 5.88. The van der Waals surface area contributed by atoms with Gasteiger partial charge in [0.05, 0.1) is 4.92 Å². The molecule has 0 aromatic heterocycles. The largest absolute Gasteiger partial charge is 0.314 e. The van der Waals surface area contributed by atoms with Gasteiger partial charge in [0.25, 0.3) is 5.69 Å². The second-order valence-corrected chi connectivity index (χ2v) is 5.88. The fourth-order valence-electron chi connectivity index (χ4n) is 3.23. The smallest absolute Gasteiger partial charge is 0.274 e. The maximum Gasteiger partial charge on any atom is 0.274 e. The second kappa shape index (κ2) is 6.09. The SMILES string of the molecule is CC(c1ccccc1[N+](=O)[O-])N1CCN(C2CNC2)CC1. The van der Waals surface area contributed by atoms with Crippen molar-refractivity contribution in [2.24, 2.45) is 0 Å². The number of nitrogens with zero attached hydrogens (tertiary/aromatic N) is 3. The molecule has 0 amide bonds. The molecule has 2 aliphatic rings. The molecule has 1 unspecified atom stereocenters. The summed E-state index contributed by atoms with van der Waals surface area (Å²) < 4.78 is 0. The minimum Gasteiger partial charge on any atom is -0.314 e. The summed E-state index contributed by atoms with van der Waals surface area (Å²) in [6.07, 6.45) is 0. The van der Waals surface area contributed by atoms with Gasteiger partial charge in [0.2, 0.25) is 0 Å². The Morgan fingerprint density at radius 3 is 2.48 bits per heavy atom. The molecule has 3 rings (SSSR count). The number of piperazine rings is 1. The summed E-state index contributed by atoms with van der Waals surface area (Å²) in [6.45, 7) is 8.32. The Bertz CT molecular complexity index is 510. The van der Waals surface area contributed by atoms with E-state index in [1.54, 1.807) is 12.1 Å². The van der Waals surface area contributed by atoms with Crippen LogP contribution in [0.25, 0.3) is 0 Å². The van der Waals surface area contributed by atoms with Crippen molar-refractivity contribution in [2.75, 3.05) is 39.3 Å². The summed E-state index contributed by atoms with van der Waals surface area (Å²) in [5.74, 6) is 0. The van der Waals surface area contributed by atoms with Crippen molar-refractivity contribution in [3.63, 3.8) is 0 Å². The first kappa shape index (κ1) is 14.4. The van der Waals surface area contributed by atoms with E-state index >= 15 is 0 Å². The summed E-state index contributed by atoms with van der Waals surface area (Å²) in [4.78, 5) is 15.8.